The molecule has 0 aromatic carbocycles. The van der Waals surface area contributed by atoms with Gasteiger partial charge in [-0.05, 0) is 72.9 Å². The zero-order valence-corrected chi connectivity index (χ0v) is 18.6. The molecule has 0 bridgehead atoms. The highest BCUT2D eigenvalue weighted by atomic mass is 28.4. The van der Waals surface area contributed by atoms with Crippen LogP contribution in [-0.2, 0) is 13.6 Å². The lowest BCUT2D eigenvalue weighted by Gasteiger charge is -2.27. The van der Waals surface area contributed by atoms with Crippen molar-refractivity contribution >= 4 is 16.6 Å². The third-order valence-electron chi connectivity index (χ3n) is 2.63. The molecule has 0 radical (unpaired) electrons. The summed E-state index contributed by atoms with van der Waals surface area (Å²) in [6.07, 6.45) is 3.96. The topological polar surface area (TPSA) is 27.7 Å². The van der Waals surface area contributed by atoms with Gasteiger partial charge in [-0.1, -0.05) is 18.2 Å². The summed E-state index contributed by atoms with van der Waals surface area (Å²) < 4.78 is 18.1. The molecule has 0 saturated carbocycles. The molecule has 0 amide bonds. The second kappa shape index (κ2) is 9.37. The van der Waals surface area contributed by atoms with Gasteiger partial charge in [0.2, 0.25) is 16.6 Å². The predicted octanol–water partition coefficient (Wildman–Crippen LogP) is 6.20. The van der Waals surface area contributed by atoms with Crippen LogP contribution in [0.5, 0.6) is 0 Å². The lowest BCUT2D eigenvalue weighted by Crippen LogP contribution is -2.28. The molecule has 0 aliphatic carbocycles. The highest BCUT2D eigenvalue weighted by Crippen LogP contribution is 2.27. The van der Waals surface area contributed by atoms with Crippen molar-refractivity contribution < 1.29 is 13.6 Å². The highest BCUT2D eigenvalue weighted by Gasteiger charge is 2.25. The van der Waals surface area contributed by atoms with Crippen molar-refractivity contribution in [2.24, 2.45) is 0 Å². The van der Waals surface area contributed by atoms with Crippen molar-refractivity contribution in [3.05, 3.63) is 35.5 Å². The van der Waals surface area contributed by atoms with Gasteiger partial charge in [0.1, 0.15) is 5.76 Å². The lowest BCUT2D eigenvalue weighted by atomic mass is 10.1. The fourth-order valence-electron chi connectivity index (χ4n) is 1.88. The molecule has 0 aromatic heterocycles. The third kappa shape index (κ3) is 11.3. The second-order valence-electron chi connectivity index (χ2n) is 7.87. The monoisotopic (exact) mass is 356 g/mol. The van der Waals surface area contributed by atoms with E-state index in [0.29, 0.717) is 18.3 Å². The van der Waals surface area contributed by atoms with Gasteiger partial charge in [0.25, 0.3) is 5.95 Å². The first-order valence-corrected chi connectivity index (χ1v) is 15.2. The summed E-state index contributed by atoms with van der Waals surface area (Å²) in [6, 6.07) is 0. The molecule has 5 heteroatoms. The molecule has 0 spiro atoms. The molecule has 0 saturated heterocycles. The van der Waals surface area contributed by atoms with Crippen LogP contribution in [0.15, 0.2) is 35.5 Å². The van der Waals surface area contributed by atoms with Crippen LogP contribution in [0.25, 0.3) is 0 Å². The molecule has 0 fully saturated rings. The van der Waals surface area contributed by atoms with Crippen LogP contribution in [-0.4, -0.2) is 23.2 Å². The molecule has 0 atom stereocenters. The van der Waals surface area contributed by atoms with Crippen LogP contribution >= 0.6 is 0 Å². The summed E-state index contributed by atoms with van der Waals surface area (Å²) in [5.74, 6) is 1.31. The Balaban J connectivity index is 5.58. The van der Waals surface area contributed by atoms with Crippen molar-refractivity contribution in [1.29, 1.82) is 0 Å². The fourth-order valence-corrected chi connectivity index (χ4v) is 3.48. The lowest BCUT2D eigenvalue weighted by molar-refractivity contribution is 0.106. The number of hydrogen-bond donors (Lipinski definition) is 0. The Labute approximate surface area is 145 Å². The number of allylic oxidation sites excluding steroid dienone is 3. The van der Waals surface area contributed by atoms with Crippen molar-refractivity contribution in [2.75, 3.05) is 6.61 Å². The highest BCUT2D eigenvalue weighted by molar-refractivity contribution is 6.70. The van der Waals surface area contributed by atoms with Gasteiger partial charge in [-0.25, -0.2) is 0 Å². The zero-order valence-electron chi connectivity index (χ0n) is 16.6. The van der Waals surface area contributed by atoms with E-state index in [1.54, 1.807) is 0 Å². The first-order chi connectivity index (χ1) is 10.4. The Bertz CT molecular complexity index is 448. The minimum atomic E-state index is -1.77. The summed E-state index contributed by atoms with van der Waals surface area (Å²) in [4.78, 5) is 0. The first kappa shape index (κ1) is 22.1. The van der Waals surface area contributed by atoms with Gasteiger partial charge in [0, 0.05) is 0 Å². The first-order valence-electron chi connectivity index (χ1n) is 8.42. The van der Waals surface area contributed by atoms with Gasteiger partial charge >= 0.3 is 0 Å². The van der Waals surface area contributed by atoms with E-state index in [-0.39, 0.29) is 0 Å². The van der Waals surface area contributed by atoms with Crippen LogP contribution in [0.1, 0.15) is 33.6 Å². The van der Waals surface area contributed by atoms with Crippen molar-refractivity contribution in [2.45, 2.75) is 72.9 Å². The molecule has 134 valence electrons. The number of ether oxygens (including phenoxy) is 1. The van der Waals surface area contributed by atoms with Gasteiger partial charge in [-0.15, -0.1) is 0 Å². The van der Waals surface area contributed by atoms with Gasteiger partial charge in [0.05, 0.1) is 12.2 Å². The van der Waals surface area contributed by atoms with Crippen LogP contribution < -0.4 is 0 Å². The second-order valence-corrected chi connectivity index (χ2v) is 16.7. The summed E-state index contributed by atoms with van der Waals surface area (Å²) >= 11 is 0. The summed E-state index contributed by atoms with van der Waals surface area (Å²) in [5, 5.41) is 0. The van der Waals surface area contributed by atoms with E-state index in [2.05, 4.69) is 65.8 Å². The fraction of sp³-hybridized carbons (Fsp3) is 0.667. The average Bonchev–Trinajstić information content (AvgIpc) is 2.29. The SMILES string of the molecule is C=C(O[Si](C)(C)C)/C(CCC=C(C)C)=C(\OCC)O[Si](C)(C)C. The smallest absolute Gasteiger partial charge is 0.272 e. The molecule has 0 aliphatic heterocycles. The molecule has 0 N–H and O–H groups in total. The minimum absolute atomic E-state index is 0.576. The molecule has 0 heterocycles. The molecular formula is C18H36O3Si2. The maximum absolute atomic E-state index is 6.18. The van der Waals surface area contributed by atoms with E-state index in [4.69, 9.17) is 13.6 Å². The van der Waals surface area contributed by atoms with Crippen LogP contribution in [0.4, 0.5) is 0 Å². The Hall–Kier alpha value is -0.946. The standard InChI is InChI=1S/C18H36O3Si2/c1-11-19-18(21-23(8,9)10)17(14-12-13-15(2)3)16(4)20-22(5,6)7/h13H,4,11-12,14H2,1-3,5-10H3/b18-17+. The van der Waals surface area contributed by atoms with Crippen LogP contribution in [0.3, 0.4) is 0 Å². The molecular weight excluding hydrogens is 320 g/mol. The maximum Gasteiger partial charge on any atom is 0.272 e. The molecule has 0 aliphatic rings. The summed E-state index contributed by atoms with van der Waals surface area (Å²) in [7, 11) is -3.49. The molecule has 0 rings (SSSR count). The Kier molecular flexibility index (Phi) is 8.99. The van der Waals surface area contributed by atoms with Gasteiger partial charge < -0.3 is 13.6 Å². The van der Waals surface area contributed by atoms with Crippen molar-refractivity contribution in [3.8, 4) is 0 Å². The number of rotatable bonds is 10. The van der Waals surface area contributed by atoms with Gasteiger partial charge in [-0.3, -0.25) is 0 Å². The largest absolute Gasteiger partial charge is 0.544 e. The van der Waals surface area contributed by atoms with E-state index in [0.717, 1.165) is 18.4 Å². The van der Waals surface area contributed by atoms with E-state index in [1.165, 1.54) is 5.57 Å². The average molecular weight is 357 g/mol. The van der Waals surface area contributed by atoms with Gasteiger partial charge in [-0.2, -0.15) is 0 Å². The molecule has 3 nitrogen and oxygen atoms in total. The normalized spacial score (nSPS) is 13.1. The molecule has 0 aromatic rings. The van der Waals surface area contributed by atoms with E-state index >= 15 is 0 Å². The predicted molar refractivity (Wildman–Crippen MR) is 105 cm³/mol. The van der Waals surface area contributed by atoms with E-state index in [1.807, 2.05) is 6.92 Å². The van der Waals surface area contributed by atoms with E-state index < -0.39 is 16.6 Å². The maximum atomic E-state index is 6.18. The van der Waals surface area contributed by atoms with Crippen molar-refractivity contribution in [1.82, 2.24) is 0 Å². The Morgan fingerprint density at radius 1 is 0.957 bits per heavy atom. The van der Waals surface area contributed by atoms with Crippen molar-refractivity contribution in [3.63, 3.8) is 0 Å². The molecule has 23 heavy (non-hydrogen) atoms. The quantitative estimate of drug-likeness (QED) is 0.202. The van der Waals surface area contributed by atoms with Gasteiger partial charge in [0.15, 0.2) is 0 Å². The van der Waals surface area contributed by atoms with E-state index in [9.17, 15) is 0 Å². The number of hydrogen-bond acceptors (Lipinski definition) is 3. The van der Waals surface area contributed by atoms with Crippen LogP contribution in [0.2, 0.25) is 39.3 Å². The zero-order chi connectivity index (χ0) is 18.3. The summed E-state index contributed by atoms with van der Waals surface area (Å²) in [5.41, 5.74) is 2.28. The molecule has 0 unspecified atom stereocenters. The third-order valence-corrected chi connectivity index (χ3v) is 4.29. The Morgan fingerprint density at radius 3 is 1.87 bits per heavy atom. The summed E-state index contributed by atoms with van der Waals surface area (Å²) in [6.45, 7) is 23.9. The van der Waals surface area contributed by atoms with Crippen LogP contribution in [0, 0.1) is 0 Å². The minimum Gasteiger partial charge on any atom is -0.544 e. The Morgan fingerprint density at radius 2 is 1.48 bits per heavy atom.